The Morgan fingerprint density at radius 3 is 0.808 bits per heavy atom. The summed E-state index contributed by atoms with van der Waals surface area (Å²) in [5, 5.41) is 22.8. The van der Waals surface area contributed by atoms with Gasteiger partial charge in [-0.2, -0.15) is 0 Å². The molecular formula is C143H94O3. The first kappa shape index (κ1) is 83.7. The van der Waals surface area contributed by atoms with Crippen LogP contribution in [0.4, 0.5) is 0 Å². The standard InChI is InChI=1S/C143H94O3/c1-141(2)123-48-28-27-47-117(123)138-135(141)120-80-96(63-68-126(120)144-138)130-107-37-17-15-35-105(107)129(106-36-16-18-38-108(106)130)87-53-49-85(50-54-87)88-56-57-90-72-91(59-58-89(90)71-88)93-61-66-124-118(78-93)139-137(142(124,3)4)122-82-98(65-70-128(122)145-139)132-113-43-23-25-45-115(113)134(116-46-26-24-44-114(116)132)104-34-14-13-33-103(104)95-60-52-86-51-55-92(73-99(86)74-95)94-62-67-125-119(79-94)140-136(143(125,5)6)121-81-97(64-69-127(121)146-140)131-109-39-19-21-41-111(109)133(112-42-22-20-40-110(112)131)102-76-100(83-29-9-7-10-30-83)75-101(77-102)84-31-11-8-12-32-84/h7-82H,1-6H3. The molecule has 0 bridgehead atoms. The van der Waals surface area contributed by atoms with Gasteiger partial charge in [0.1, 0.15) is 34.0 Å². The zero-order chi connectivity index (χ0) is 96.8. The molecule has 3 aromatic heterocycles. The monoisotopic (exact) mass is 1860 g/mol. The molecule has 27 aromatic rings. The van der Waals surface area contributed by atoms with Gasteiger partial charge in [-0.25, -0.2) is 0 Å². The highest BCUT2D eigenvalue weighted by molar-refractivity contribution is 6.26. The fourth-order valence-electron chi connectivity index (χ4n) is 26.3. The quantitative estimate of drug-likeness (QED) is 0.114. The third kappa shape index (κ3) is 12.5. The van der Waals surface area contributed by atoms with Crippen LogP contribution in [0.2, 0.25) is 0 Å². The molecular weight excluding hydrogens is 1770 g/mol. The van der Waals surface area contributed by atoms with Crippen LogP contribution in [0.25, 0.3) is 287 Å². The van der Waals surface area contributed by atoms with Gasteiger partial charge in [0, 0.05) is 65.8 Å². The molecule has 3 aliphatic carbocycles. The lowest BCUT2D eigenvalue weighted by atomic mass is 9.80. The summed E-state index contributed by atoms with van der Waals surface area (Å²) in [4.78, 5) is 0. The molecule has 0 spiro atoms. The van der Waals surface area contributed by atoms with Gasteiger partial charge in [0.05, 0.1) is 0 Å². The molecule has 146 heavy (non-hydrogen) atoms. The van der Waals surface area contributed by atoms with Crippen molar-refractivity contribution in [2.45, 2.75) is 57.8 Å². The fraction of sp³-hybridized carbons (Fsp3) is 0.0629. The number of rotatable bonds is 12. The summed E-state index contributed by atoms with van der Waals surface area (Å²) in [5.74, 6) is 2.90. The largest absolute Gasteiger partial charge is 0.456 e. The molecule has 0 atom stereocenters. The summed E-state index contributed by atoms with van der Waals surface area (Å²) >= 11 is 0. The Balaban J connectivity index is 0.447. The second-order valence-corrected chi connectivity index (χ2v) is 42.2. The molecule has 0 fully saturated rings. The molecule has 24 aromatic carbocycles. The minimum Gasteiger partial charge on any atom is -0.456 e. The van der Waals surface area contributed by atoms with Gasteiger partial charge in [-0.3, -0.25) is 0 Å². The second kappa shape index (κ2) is 31.5. The first-order valence-electron chi connectivity index (χ1n) is 51.1. The van der Waals surface area contributed by atoms with Crippen LogP contribution in [0.1, 0.15) is 74.9 Å². The predicted octanol–water partition coefficient (Wildman–Crippen LogP) is 40.1. The summed E-state index contributed by atoms with van der Waals surface area (Å²) < 4.78 is 21.0. The van der Waals surface area contributed by atoms with E-state index in [-0.39, 0.29) is 16.2 Å². The highest BCUT2D eigenvalue weighted by atomic mass is 16.3. The lowest BCUT2D eigenvalue weighted by molar-refractivity contribution is 0.619. The molecule has 0 radical (unpaired) electrons. The second-order valence-electron chi connectivity index (χ2n) is 42.2. The van der Waals surface area contributed by atoms with Crippen molar-refractivity contribution in [3.63, 3.8) is 0 Å². The van der Waals surface area contributed by atoms with Gasteiger partial charge >= 0.3 is 0 Å². The molecule has 3 heteroatoms. The minimum atomic E-state index is -0.339. The van der Waals surface area contributed by atoms with Gasteiger partial charge in [-0.05, 0) is 327 Å². The minimum absolute atomic E-state index is 0.187. The van der Waals surface area contributed by atoms with E-state index in [1.165, 1.54) is 236 Å². The van der Waals surface area contributed by atoms with E-state index in [0.717, 1.165) is 83.7 Å². The third-order valence-electron chi connectivity index (χ3n) is 33.1. The Morgan fingerprint density at radius 1 is 0.137 bits per heavy atom. The highest BCUT2D eigenvalue weighted by Gasteiger charge is 2.44. The van der Waals surface area contributed by atoms with Crippen LogP contribution in [0.15, 0.2) is 474 Å². The van der Waals surface area contributed by atoms with E-state index in [1.807, 2.05) is 0 Å². The van der Waals surface area contributed by atoms with E-state index >= 15 is 0 Å². The molecule has 0 aliphatic heterocycles. The lowest BCUT2D eigenvalue weighted by Gasteiger charge is -2.22. The van der Waals surface area contributed by atoms with Crippen LogP contribution in [0.3, 0.4) is 0 Å². The van der Waals surface area contributed by atoms with Crippen LogP contribution in [-0.4, -0.2) is 0 Å². The summed E-state index contributed by atoms with van der Waals surface area (Å²) in [6, 6.07) is 172. The summed E-state index contributed by atoms with van der Waals surface area (Å²) in [6.45, 7) is 14.2. The molecule has 0 unspecified atom stereocenters. The van der Waals surface area contributed by atoms with Crippen LogP contribution in [-0.2, 0) is 16.2 Å². The number of hydrogen-bond donors (Lipinski definition) is 0. The summed E-state index contributed by atoms with van der Waals surface area (Å²) in [5.41, 5.74) is 41.5. The molecule has 0 saturated heterocycles. The lowest BCUT2D eigenvalue weighted by Crippen LogP contribution is -2.14. The van der Waals surface area contributed by atoms with Crippen molar-refractivity contribution in [3.8, 4) is 167 Å². The van der Waals surface area contributed by atoms with Crippen molar-refractivity contribution >= 4 is 119 Å². The Hall–Kier alpha value is -18.0. The summed E-state index contributed by atoms with van der Waals surface area (Å²) in [6.07, 6.45) is 0. The number of fused-ring (bicyclic) bond motifs is 23. The van der Waals surface area contributed by atoms with E-state index in [2.05, 4.69) is 503 Å². The smallest absolute Gasteiger partial charge is 0.139 e. The maximum Gasteiger partial charge on any atom is 0.139 e. The zero-order valence-electron chi connectivity index (χ0n) is 81.6. The maximum absolute atomic E-state index is 7.17. The fourth-order valence-corrected chi connectivity index (χ4v) is 26.3. The van der Waals surface area contributed by atoms with E-state index in [1.54, 1.807) is 0 Å². The van der Waals surface area contributed by atoms with E-state index in [4.69, 9.17) is 13.3 Å². The first-order valence-corrected chi connectivity index (χ1v) is 51.1. The molecule has 0 saturated carbocycles. The Bertz CT molecular complexity index is 10100. The molecule has 0 amide bonds. The van der Waals surface area contributed by atoms with Gasteiger partial charge < -0.3 is 13.3 Å². The van der Waals surface area contributed by atoms with Crippen molar-refractivity contribution in [2.24, 2.45) is 0 Å². The molecule has 30 rings (SSSR count). The third-order valence-corrected chi connectivity index (χ3v) is 33.1. The Kier molecular flexibility index (Phi) is 18.1. The average molecular weight is 1860 g/mol. The topological polar surface area (TPSA) is 39.4 Å². The van der Waals surface area contributed by atoms with Gasteiger partial charge in [-0.15, -0.1) is 0 Å². The normalized spacial score (nSPS) is 13.6. The molecule has 3 aliphatic rings. The van der Waals surface area contributed by atoms with Gasteiger partial charge in [-0.1, -0.05) is 412 Å². The first-order chi connectivity index (χ1) is 71.6. The van der Waals surface area contributed by atoms with Crippen LogP contribution in [0, 0.1) is 0 Å². The maximum atomic E-state index is 7.17. The van der Waals surface area contributed by atoms with E-state index < -0.39 is 0 Å². The van der Waals surface area contributed by atoms with E-state index in [9.17, 15) is 0 Å². The zero-order valence-corrected chi connectivity index (χ0v) is 81.6. The van der Waals surface area contributed by atoms with Gasteiger partial charge in [0.2, 0.25) is 0 Å². The molecule has 3 nitrogen and oxygen atoms in total. The molecule has 3 heterocycles. The SMILES string of the molecule is CC1(C)c2ccccc2-c2oc3ccc(-c4c5ccccc5c(-c5ccc(-c6ccc7cc(-c8ccc9c(c8)-c8oc%10ccc(-c%11c%12ccccc%12c(-c%12ccccc%12-c%12ccc%13ccc(-c%14ccc%15c(c%14)-c%14oc%16ccc(-c%17c%18ccccc%18c(-c%18cc(-c%19ccccc%19)cc(-c%19ccccc%19)c%18)c%18ccccc%17%18)cc%16c%14C%15(C)C)cc%13c%12)c%12ccccc%11%12)cc%10c8C9(C)C)ccc7c6)cc5)c5ccccc45)cc3c21. The Morgan fingerprint density at radius 2 is 0.397 bits per heavy atom. The van der Waals surface area contributed by atoms with Crippen LogP contribution >= 0.6 is 0 Å². The van der Waals surface area contributed by atoms with Crippen LogP contribution < -0.4 is 0 Å². The van der Waals surface area contributed by atoms with Gasteiger partial charge in [0.25, 0.3) is 0 Å². The van der Waals surface area contributed by atoms with Crippen molar-refractivity contribution in [3.05, 3.63) is 494 Å². The van der Waals surface area contributed by atoms with Gasteiger partial charge in [0.15, 0.2) is 0 Å². The molecule has 0 N–H and O–H groups in total. The van der Waals surface area contributed by atoms with Crippen molar-refractivity contribution in [2.75, 3.05) is 0 Å². The number of benzene rings is 24. The number of furan rings is 3. The van der Waals surface area contributed by atoms with Crippen LogP contribution in [0.5, 0.6) is 0 Å². The Labute approximate surface area is 845 Å². The molecule has 684 valence electrons. The van der Waals surface area contributed by atoms with Crippen molar-refractivity contribution in [1.82, 2.24) is 0 Å². The average Bonchev–Trinajstić information content (AvgIpc) is 1.54. The predicted molar refractivity (Wildman–Crippen MR) is 614 cm³/mol. The van der Waals surface area contributed by atoms with Crippen molar-refractivity contribution in [1.29, 1.82) is 0 Å². The highest BCUT2D eigenvalue weighted by Crippen LogP contribution is 2.61. The van der Waals surface area contributed by atoms with E-state index in [0.29, 0.717) is 0 Å². The summed E-state index contributed by atoms with van der Waals surface area (Å²) in [7, 11) is 0. The number of hydrogen-bond acceptors (Lipinski definition) is 3. The van der Waals surface area contributed by atoms with Crippen molar-refractivity contribution < 1.29 is 13.3 Å².